The van der Waals surface area contributed by atoms with Crippen molar-refractivity contribution in [2.24, 2.45) is 0 Å². The van der Waals surface area contributed by atoms with Crippen LogP contribution in [0.25, 0.3) is 0 Å². The number of aromatic nitrogens is 2. The fourth-order valence-electron chi connectivity index (χ4n) is 2.79. The van der Waals surface area contributed by atoms with Crippen LogP contribution in [0.4, 0.5) is 4.39 Å². The van der Waals surface area contributed by atoms with Crippen molar-refractivity contribution in [2.45, 2.75) is 24.4 Å². The molecule has 1 aromatic heterocycles. The average Bonchev–Trinajstić information content (AvgIpc) is 3.27. The van der Waals surface area contributed by atoms with Crippen molar-refractivity contribution in [3.8, 4) is 17.2 Å². The maximum atomic E-state index is 13.7. The number of carbonyl (C=O) groups is 1. The number of benzene rings is 2. The van der Waals surface area contributed by atoms with E-state index < -0.39 is 11.9 Å². The van der Waals surface area contributed by atoms with E-state index in [9.17, 15) is 9.18 Å². The van der Waals surface area contributed by atoms with E-state index in [1.807, 2.05) is 24.3 Å². The van der Waals surface area contributed by atoms with E-state index in [1.54, 1.807) is 19.1 Å². The van der Waals surface area contributed by atoms with Crippen LogP contribution in [0, 0.1) is 5.82 Å². The van der Waals surface area contributed by atoms with Crippen LogP contribution in [0.5, 0.6) is 17.2 Å². The van der Waals surface area contributed by atoms with Crippen molar-refractivity contribution in [1.82, 2.24) is 15.5 Å². The third-order valence-corrected chi connectivity index (χ3v) is 5.15. The lowest BCUT2D eigenvalue weighted by Gasteiger charge is -2.26. The molecule has 0 saturated carbocycles. The second kappa shape index (κ2) is 9.69. The largest absolute Gasteiger partial charge is 0.486 e. The van der Waals surface area contributed by atoms with Gasteiger partial charge in [0.25, 0.3) is 11.1 Å². The van der Waals surface area contributed by atoms with Gasteiger partial charge in [-0.15, -0.1) is 10.2 Å². The topological polar surface area (TPSA) is 95.7 Å². The van der Waals surface area contributed by atoms with E-state index in [0.29, 0.717) is 24.7 Å². The summed E-state index contributed by atoms with van der Waals surface area (Å²) in [6, 6.07) is 13.5. The maximum Gasteiger partial charge on any atom is 0.277 e. The van der Waals surface area contributed by atoms with Gasteiger partial charge in [-0.05, 0) is 31.2 Å². The Morgan fingerprint density at radius 2 is 2.00 bits per heavy atom. The molecule has 2 unspecified atom stereocenters. The van der Waals surface area contributed by atoms with Gasteiger partial charge in [-0.3, -0.25) is 4.79 Å². The van der Waals surface area contributed by atoms with Crippen molar-refractivity contribution in [3.63, 3.8) is 0 Å². The first-order valence-corrected chi connectivity index (χ1v) is 10.6. The molecular formula is C21H20FN3O5S. The molecule has 10 heteroatoms. The summed E-state index contributed by atoms with van der Waals surface area (Å²) in [5.74, 6) is 1.05. The minimum absolute atomic E-state index is 0.0916. The Morgan fingerprint density at radius 3 is 2.84 bits per heavy atom. The van der Waals surface area contributed by atoms with Crippen LogP contribution in [-0.2, 0) is 4.79 Å². The zero-order chi connectivity index (χ0) is 21.6. The first-order valence-electron chi connectivity index (χ1n) is 9.61. The Morgan fingerprint density at radius 1 is 1.23 bits per heavy atom. The molecule has 2 atom stereocenters. The normalized spacial score (nSPS) is 15.9. The molecule has 0 fully saturated rings. The Kier molecular flexibility index (Phi) is 6.56. The Labute approximate surface area is 182 Å². The number of carbonyl (C=O) groups excluding carboxylic acids is 1. The van der Waals surface area contributed by atoms with E-state index in [0.717, 1.165) is 11.8 Å². The quantitative estimate of drug-likeness (QED) is 0.527. The lowest BCUT2D eigenvalue weighted by atomic mass is 10.2. The molecule has 0 radical (unpaired) electrons. The summed E-state index contributed by atoms with van der Waals surface area (Å²) >= 11 is 1.10. The monoisotopic (exact) mass is 445 g/mol. The number of hydrogen-bond donors (Lipinski definition) is 1. The highest BCUT2D eigenvalue weighted by Crippen LogP contribution is 2.30. The molecule has 0 spiro atoms. The lowest BCUT2D eigenvalue weighted by Crippen LogP contribution is -2.41. The van der Waals surface area contributed by atoms with Gasteiger partial charge in [-0.1, -0.05) is 36.0 Å². The van der Waals surface area contributed by atoms with Crippen LogP contribution >= 0.6 is 11.8 Å². The van der Waals surface area contributed by atoms with E-state index >= 15 is 0 Å². The van der Waals surface area contributed by atoms with Crippen molar-refractivity contribution in [3.05, 3.63) is 60.2 Å². The highest BCUT2D eigenvalue weighted by molar-refractivity contribution is 7.99. The zero-order valence-corrected chi connectivity index (χ0v) is 17.4. The molecule has 1 N–H and O–H groups in total. The number of ether oxygens (including phenoxy) is 3. The van der Waals surface area contributed by atoms with Crippen molar-refractivity contribution in [2.75, 3.05) is 18.9 Å². The second-order valence-electron chi connectivity index (χ2n) is 6.69. The number of hydrogen-bond acceptors (Lipinski definition) is 8. The molecule has 1 aliphatic heterocycles. The molecule has 8 nitrogen and oxygen atoms in total. The van der Waals surface area contributed by atoms with E-state index in [4.69, 9.17) is 18.6 Å². The smallest absolute Gasteiger partial charge is 0.277 e. The van der Waals surface area contributed by atoms with Crippen LogP contribution in [0.15, 0.2) is 58.2 Å². The van der Waals surface area contributed by atoms with Crippen molar-refractivity contribution in [1.29, 1.82) is 0 Å². The van der Waals surface area contributed by atoms with Gasteiger partial charge < -0.3 is 23.9 Å². The predicted octanol–water partition coefficient (Wildman–Crippen LogP) is 3.40. The average molecular weight is 445 g/mol. The van der Waals surface area contributed by atoms with Gasteiger partial charge >= 0.3 is 0 Å². The number of nitrogens with one attached hydrogen (secondary N) is 1. The number of amides is 1. The predicted molar refractivity (Wildman–Crippen MR) is 110 cm³/mol. The highest BCUT2D eigenvalue weighted by atomic mass is 32.2. The van der Waals surface area contributed by atoms with Gasteiger partial charge in [0.15, 0.2) is 29.2 Å². The maximum absolute atomic E-state index is 13.7. The Hall–Kier alpha value is -3.27. The lowest BCUT2D eigenvalue weighted by molar-refractivity contribution is -0.119. The van der Waals surface area contributed by atoms with Crippen LogP contribution < -0.4 is 19.5 Å². The Bertz CT molecular complexity index is 1050. The molecule has 2 heterocycles. The van der Waals surface area contributed by atoms with Gasteiger partial charge in [-0.25, -0.2) is 4.39 Å². The van der Waals surface area contributed by atoms with Gasteiger partial charge in [0.2, 0.25) is 5.91 Å². The van der Waals surface area contributed by atoms with Crippen molar-refractivity contribution >= 4 is 17.7 Å². The van der Waals surface area contributed by atoms with Crippen LogP contribution in [0.2, 0.25) is 0 Å². The third-order valence-electron chi connectivity index (χ3n) is 4.33. The standard InChI is InChI=1S/C21H20FN3O5S/c1-13(28-16-7-3-2-6-15(16)22)20-24-25-21(30-20)31-12-19(26)23-10-14-11-27-17-8-4-5-9-18(17)29-14/h2-9,13-14H,10-12H2,1H3,(H,23,26). The molecule has 4 rings (SSSR count). The summed E-state index contributed by atoms with van der Waals surface area (Å²) in [5.41, 5.74) is 0. The molecule has 3 aromatic rings. The summed E-state index contributed by atoms with van der Waals surface area (Å²) < 4.78 is 36.2. The number of rotatable bonds is 8. The number of para-hydroxylation sites is 3. The minimum Gasteiger partial charge on any atom is -0.486 e. The number of nitrogens with zero attached hydrogens (tertiary/aromatic N) is 2. The third kappa shape index (κ3) is 5.46. The number of fused-ring (bicyclic) bond motifs is 1. The summed E-state index contributed by atoms with van der Waals surface area (Å²) in [5, 5.41) is 10.8. The molecular weight excluding hydrogens is 425 g/mol. The minimum atomic E-state index is -0.640. The van der Waals surface area contributed by atoms with Gasteiger partial charge in [0, 0.05) is 0 Å². The van der Waals surface area contributed by atoms with Crippen LogP contribution in [0.1, 0.15) is 18.9 Å². The zero-order valence-electron chi connectivity index (χ0n) is 16.6. The summed E-state index contributed by atoms with van der Waals surface area (Å²) in [7, 11) is 0. The fraction of sp³-hybridized carbons (Fsp3) is 0.286. The first-order chi connectivity index (χ1) is 15.1. The van der Waals surface area contributed by atoms with Crippen LogP contribution in [0.3, 0.4) is 0 Å². The van der Waals surface area contributed by atoms with Gasteiger partial charge in [0.05, 0.1) is 12.3 Å². The molecule has 1 aliphatic rings. The summed E-state index contributed by atoms with van der Waals surface area (Å²) in [4.78, 5) is 12.1. The summed E-state index contributed by atoms with van der Waals surface area (Å²) in [6.07, 6.45) is -0.908. The van der Waals surface area contributed by atoms with E-state index in [2.05, 4.69) is 15.5 Å². The van der Waals surface area contributed by atoms with Crippen molar-refractivity contribution < 1.29 is 27.8 Å². The molecule has 162 valence electrons. The van der Waals surface area contributed by atoms with Gasteiger partial charge in [0.1, 0.15) is 12.7 Å². The number of halogens is 1. The second-order valence-corrected chi connectivity index (χ2v) is 7.61. The first kappa shape index (κ1) is 21.0. The highest BCUT2D eigenvalue weighted by Gasteiger charge is 2.22. The molecule has 1 amide bonds. The van der Waals surface area contributed by atoms with Gasteiger partial charge in [-0.2, -0.15) is 0 Å². The number of thioether (sulfide) groups is 1. The molecule has 2 aromatic carbocycles. The molecule has 0 aliphatic carbocycles. The van der Waals surface area contributed by atoms with Crippen LogP contribution in [-0.4, -0.2) is 41.1 Å². The SMILES string of the molecule is CC(Oc1ccccc1F)c1nnc(SCC(=O)NCC2COc3ccccc3O2)o1. The van der Waals surface area contributed by atoms with E-state index in [1.165, 1.54) is 12.1 Å². The summed E-state index contributed by atoms with van der Waals surface area (Å²) in [6.45, 7) is 2.35. The molecule has 0 bridgehead atoms. The van der Waals surface area contributed by atoms with E-state index in [-0.39, 0.29) is 34.6 Å². The fourth-order valence-corrected chi connectivity index (χ4v) is 3.39. The molecule has 31 heavy (non-hydrogen) atoms. The Balaban J connectivity index is 1.21. The molecule has 0 saturated heterocycles.